The number of hydrogen-bond donors (Lipinski definition) is 1. The lowest BCUT2D eigenvalue weighted by Crippen LogP contribution is -2.12. The molecule has 0 aromatic carbocycles. The number of hydrogen-bond acceptors (Lipinski definition) is 6. The minimum Gasteiger partial charge on any atom is -0.344 e. The molecule has 0 aliphatic heterocycles. The second kappa shape index (κ2) is 7.25. The van der Waals surface area contributed by atoms with E-state index in [2.05, 4.69) is 15.8 Å². The van der Waals surface area contributed by atoms with E-state index < -0.39 is 16.1 Å². The Hall–Kier alpha value is -1.18. The van der Waals surface area contributed by atoms with Crippen molar-refractivity contribution in [3.63, 3.8) is 0 Å². The molecule has 0 heterocycles. The second-order valence-electron chi connectivity index (χ2n) is 1.97. The highest BCUT2D eigenvalue weighted by molar-refractivity contribution is 7.86. The molecular formula is C7H13NO5S. The van der Waals surface area contributed by atoms with Gasteiger partial charge >= 0.3 is 16.1 Å². The van der Waals surface area contributed by atoms with Crippen molar-refractivity contribution in [2.24, 2.45) is 0 Å². The highest BCUT2D eigenvalue weighted by Gasteiger charge is 2.12. The van der Waals surface area contributed by atoms with E-state index in [1.54, 1.807) is 6.92 Å². The van der Waals surface area contributed by atoms with E-state index in [9.17, 15) is 13.2 Å². The molecule has 0 radical (unpaired) electrons. The zero-order valence-corrected chi connectivity index (χ0v) is 8.62. The maximum absolute atomic E-state index is 10.8. The Bertz CT molecular complexity index is 306. The van der Waals surface area contributed by atoms with Crippen LogP contribution >= 0.6 is 0 Å². The van der Waals surface area contributed by atoms with Crippen LogP contribution in [0, 0.1) is 0 Å². The molecule has 82 valence electrons. The Morgan fingerprint density at radius 2 is 2.07 bits per heavy atom. The summed E-state index contributed by atoms with van der Waals surface area (Å²) in [6.45, 7) is 4.72. The van der Waals surface area contributed by atoms with Crippen molar-refractivity contribution in [3.05, 3.63) is 24.8 Å². The molecular weight excluding hydrogens is 210 g/mol. The Kier molecular flexibility index (Phi) is 7.92. The van der Waals surface area contributed by atoms with Crippen LogP contribution in [0.4, 0.5) is 0 Å². The summed E-state index contributed by atoms with van der Waals surface area (Å²) < 4.78 is 25.5. The van der Waals surface area contributed by atoms with Gasteiger partial charge in [-0.25, -0.2) is 4.79 Å². The van der Waals surface area contributed by atoms with Crippen molar-refractivity contribution in [3.8, 4) is 0 Å². The molecule has 0 spiro atoms. The first-order valence-electron chi connectivity index (χ1n) is 3.38. The number of carbonyl (C=O) groups is 1. The van der Waals surface area contributed by atoms with Crippen molar-refractivity contribution >= 4 is 16.1 Å². The molecule has 6 nitrogen and oxygen atoms in total. The minimum absolute atomic E-state index is 0. The van der Waals surface area contributed by atoms with Crippen LogP contribution in [0.3, 0.4) is 0 Å². The van der Waals surface area contributed by atoms with Gasteiger partial charge in [0.1, 0.15) is 0 Å². The fraction of sp³-hybridized carbons (Fsp3) is 0.286. The SMILES string of the molecule is C=CC(=O)OOS(=O)(=O)CC=CC.N. The van der Waals surface area contributed by atoms with Crippen LogP contribution in [0.15, 0.2) is 24.8 Å². The van der Waals surface area contributed by atoms with Crippen LogP contribution in [-0.4, -0.2) is 20.1 Å². The summed E-state index contributed by atoms with van der Waals surface area (Å²) in [4.78, 5) is 14.3. The smallest absolute Gasteiger partial charge is 0.344 e. The summed E-state index contributed by atoms with van der Waals surface area (Å²) in [5.74, 6) is -1.29. The Balaban J connectivity index is 0. The van der Waals surface area contributed by atoms with E-state index in [0.717, 1.165) is 6.08 Å². The summed E-state index contributed by atoms with van der Waals surface area (Å²) in [7, 11) is -3.83. The predicted molar refractivity (Wildman–Crippen MR) is 51.0 cm³/mol. The molecule has 0 unspecified atom stereocenters. The van der Waals surface area contributed by atoms with Crippen LogP contribution in [0.1, 0.15) is 6.92 Å². The highest BCUT2D eigenvalue weighted by Crippen LogP contribution is 1.96. The van der Waals surface area contributed by atoms with Crippen molar-refractivity contribution < 1.29 is 22.4 Å². The Morgan fingerprint density at radius 3 is 2.50 bits per heavy atom. The van der Waals surface area contributed by atoms with Gasteiger partial charge in [0.25, 0.3) is 0 Å². The lowest BCUT2D eigenvalue weighted by Gasteiger charge is -1.98. The molecule has 0 rings (SSSR count). The average molecular weight is 223 g/mol. The molecule has 0 aromatic heterocycles. The molecule has 0 aliphatic carbocycles. The van der Waals surface area contributed by atoms with Gasteiger partial charge in [-0.05, 0) is 6.92 Å². The molecule has 0 aliphatic rings. The largest absolute Gasteiger partial charge is 0.366 e. The normalized spacial score (nSPS) is 10.6. The predicted octanol–water partition coefficient (Wildman–Crippen LogP) is 0.715. The third-order valence-electron chi connectivity index (χ3n) is 0.923. The third kappa shape index (κ3) is 7.47. The molecule has 0 atom stereocenters. The average Bonchev–Trinajstić information content (AvgIpc) is 2.11. The minimum atomic E-state index is -3.83. The van der Waals surface area contributed by atoms with E-state index >= 15 is 0 Å². The van der Waals surface area contributed by atoms with Gasteiger partial charge in [0, 0.05) is 6.08 Å². The lowest BCUT2D eigenvalue weighted by atomic mass is 10.6. The maximum Gasteiger partial charge on any atom is 0.366 e. The molecule has 0 fully saturated rings. The standard InChI is InChI=1S/C7H10O5S.H3N/c1-3-5-6-13(9,10)12-11-7(8)4-2;/h3-5H,2,6H2,1H3;1H3. The van der Waals surface area contributed by atoms with Gasteiger partial charge in [-0.2, -0.15) is 8.42 Å². The quantitative estimate of drug-likeness (QED) is 0.318. The molecule has 0 saturated carbocycles. The number of carbonyl (C=O) groups excluding carboxylic acids is 1. The fourth-order valence-corrected chi connectivity index (χ4v) is 1.02. The topological polar surface area (TPSA) is 105 Å². The Labute approximate surface area is 82.8 Å². The van der Waals surface area contributed by atoms with Crippen LogP contribution in [0.25, 0.3) is 0 Å². The van der Waals surface area contributed by atoms with Gasteiger partial charge in [-0.1, -0.05) is 23.1 Å². The van der Waals surface area contributed by atoms with E-state index in [4.69, 9.17) is 0 Å². The zero-order valence-electron chi connectivity index (χ0n) is 7.80. The molecule has 0 bridgehead atoms. The molecule has 0 saturated heterocycles. The van der Waals surface area contributed by atoms with Gasteiger partial charge in [0.2, 0.25) is 0 Å². The summed E-state index contributed by atoms with van der Waals surface area (Å²) in [6, 6.07) is 0. The van der Waals surface area contributed by atoms with E-state index in [-0.39, 0.29) is 11.9 Å². The van der Waals surface area contributed by atoms with Crippen molar-refractivity contribution in [2.75, 3.05) is 5.75 Å². The Morgan fingerprint density at radius 1 is 1.50 bits per heavy atom. The molecule has 14 heavy (non-hydrogen) atoms. The summed E-state index contributed by atoms with van der Waals surface area (Å²) in [5.41, 5.74) is 0. The molecule has 7 heteroatoms. The first-order chi connectivity index (χ1) is 6.02. The van der Waals surface area contributed by atoms with E-state index in [1.165, 1.54) is 12.2 Å². The fourth-order valence-electron chi connectivity index (χ4n) is 0.361. The number of rotatable bonds is 5. The highest BCUT2D eigenvalue weighted by atomic mass is 32.2. The molecule has 0 amide bonds. The van der Waals surface area contributed by atoms with Crippen molar-refractivity contribution in [2.45, 2.75) is 6.92 Å². The second-order valence-corrected chi connectivity index (χ2v) is 3.55. The van der Waals surface area contributed by atoms with Crippen molar-refractivity contribution in [1.29, 1.82) is 0 Å². The van der Waals surface area contributed by atoms with Crippen LogP contribution in [0.2, 0.25) is 0 Å². The first kappa shape index (κ1) is 15.3. The van der Waals surface area contributed by atoms with Gasteiger partial charge in [-0.3, -0.25) is 4.89 Å². The van der Waals surface area contributed by atoms with Gasteiger partial charge in [0.05, 0.1) is 5.75 Å². The van der Waals surface area contributed by atoms with E-state index in [1.807, 2.05) is 0 Å². The van der Waals surface area contributed by atoms with Crippen LogP contribution in [0.5, 0.6) is 0 Å². The van der Waals surface area contributed by atoms with E-state index in [0.29, 0.717) is 0 Å². The monoisotopic (exact) mass is 223 g/mol. The van der Waals surface area contributed by atoms with Crippen molar-refractivity contribution in [1.82, 2.24) is 6.15 Å². The zero-order chi connectivity index (χ0) is 10.3. The molecule has 3 N–H and O–H groups in total. The van der Waals surface area contributed by atoms with Gasteiger partial charge in [0.15, 0.2) is 0 Å². The third-order valence-corrected chi connectivity index (χ3v) is 1.80. The first-order valence-corrected chi connectivity index (χ1v) is 4.96. The summed E-state index contributed by atoms with van der Waals surface area (Å²) in [5, 5.41) is 0. The summed E-state index contributed by atoms with van der Waals surface area (Å²) >= 11 is 0. The van der Waals surface area contributed by atoms with Gasteiger partial charge in [-0.15, -0.1) is 0 Å². The number of allylic oxidation sites excluding steroid dienone is 1. The maximum atomic E-state index is 10.8. The van der Waals surface area contributed by atoms with Gasteiger partial charge < -0.3 is 6.15 Å². The lowest BCUT2D eigenvalue weighted by molar-refractivity contribution is -0.204. The summed E-state index contributed by atoms with van der Waals surface area (Å²) in [6.07, 6.45) is 3.69. The van der Waals surface area contributed by atoms with Crippen LogP contribution in [-0.2, 0) is 24.1 Å². The van der Waals surface area contributed by atoms with Crippen LogP contribution < -0.4 is 6.15 Å². The molecule has 0 aromatic rings.